The molecule has 0 saturated heterocycles. The van der Waals surface area contributed by atoms with Crippen LogP contribution in [0.3, 0.4) is 0 Å². The first-order valence-electron chi connectivity index (χ1n) is 7.34. The molecule has 0 saturated carbocycles. The minimum atomic E-state index is -0.446. The summed E-state index contributed by atoms with van der Waals surface area (Å²) in [5, 5.41) is 4.19. The van der Waals surface area contributed by atoms with Crippen LogP contribution in [0.5, 0.6) is 0 Å². The van der Waals surface area contributed by atoms with Gasteiger partial charge in [0.25, 0.3) is 0 Å². The minimum Gasteiger partial charge on any atom is -0.0622 e. The molecular weight excluding hydrogens is 517 g/mol. The fourth-order valence-corrected chi connectivity index (χ4v) is 4.48. The molecule has 0 amide bonds. The molecule has 0 aromatic heterocycles. The van der Waals surface area contributed by atoms with E-state index in [1.165, 1.54) is 22.0 Å². The van der Waals surface area contributed by atoms with Gasteiger partial charge in [-0.05, 0) is 23.8 Å². The van der Waals surface area contributed by atoms with Gasteiger partial charge < -0.3 is 0 Å². The maximum atomic E-state index is 3.25. The fourth-order valence-electron chi connectivity index (χ4n) is 2.18. The summed E-state index contributed by atoms with van der Waals surface area (Å²) in [7, 11) is -0.446. The Labute approximate surface area is 168 Å². The van der Waals surface area contributed by atoms with E-state index in [9.17, 15) is 0 Å². The minimum absolute atomic E-state index is 0.446. The van der Waals surface area contributed by atoms with E-state index in [4.69, 9.17) is 0 Å². The van der Waals surface area contributed by atoms with E-state index in [1.54, 1.807) is 0 Å². The Morgan fingerprint density at radius 3 is 1.08 bits per heavy atom. The van der Waals surface area contributed by atoms with Gasteiger partial charge in [-0.2, -0.15) is 0 Å². The molecule has 0 atom stereocenters. The monoisotopic (exact) mass is 536 g/mol. The Balaban J connectivity index is 0.000000521. The maximum absolute atomic E-state index is 3.25. The van der Waals surface area contributed by atoms with Crippen molar-refractivity contribution in [2.75, 3.05) is 0 Å². The number of rotatable bonds is 3. The molecule has 0 fully saturated rings. The van der Waals surface area contributed by atoms with Crippen molar-refractivity contribution in [2.24, 2.45) is 0 Å². The first kappa shape index (κ1) is 21.1. The van der Waals surface area contributed by atoms with Crippen LogP contribution in [0.15, 0.2) is 104 Å². The third kappa shape index (κ3) is 6.91. The van der Waals surface area contributed by atoms with Crippen LogP contribution < -0.4 is 15.9 Å². The van der Waals surface area contributed by atoms with Crippen LogP contribution in [-0.4, -0.2) is 0 Å². The van der Waals surface area contributed by atoms with E-state index in [2.05, 4.69) is 120 Å². The van der Waals surface area contributed by atoms with Crippen LogP contribution >= 0.6 is 27.4 Å². The molecule has 3 aromatic carbocycles. The molecule has 0 unspecified atom stereocenters. The Bertz CT molecular complexity index is 578. The third-order valence-electron chi connectivity index (χ3n) is 3.04. The van der Waals surface area contributed by atoms with Crippen molar-refractivity contribution < 1.29 is 15.6 Å². The Hall–Kier alpha value is -0.908. The van der Waals surface area contributed by atoms with Crippen molar-refractivity contribution >= 4 is 43.3 Å². The fraction of sp³-hybridized carbons (Fsp3) is 0. The van der Waals surface area contributed by atoms with Gasteiger partial charge in [0.05, 0.1) is 0 Å². The number of halogens is 1. The zero-order valence-electron chi connectivity index (χ0n) is 13.3. The molecule has 0 bridgehead atoms. The van der Waals surface area contributed by atoms with Crippen molar-refractivity contribution in [1.29, 1.82) is 0 Å². The van der Waals surface area contributed by atoms with Gasteiger partial charge in [-0.25, -0.2) is 19.6 Å². The average molecular weight is 537 g/mol. The molecule has 3 heteroatoms. The number of allylic oxidation sites excluding steroid dienone is 1. The molecule has 0 aliphatic carbocycles. The van der Waals surface area contributed by atoms with Crippen LogP contribution in [0.2, 0.25) is 0 Å². The zero-order chi connectivity index (χ0) is 17.6. The Kier molecular flexibility index (Phi) is 11.8. The predicted octanol–water partition coefficient (Wildman–Crippen LogP) is 5.33. The van der Waals surface area contributed by atoms with E-state index in [-0.39, 0.29) is 0 Å². The van der Waals surface area contributed by atoms with E-state index in [0.29, 0.717) is 0 Å². The Morgan fingerprint density at radius 2 is 0.875 bits per heavy atom. The summed E-state index contributed by atoms with van der Waals surface area (Å²) in [5.74, 6) is 0. The SMILES string of the molecule is C=C[CH2-].[Pd+][I].c1ccc(P(c2ccccc2)c2ccccc2)cc1. The molecule has 0 spiro atoms. The maximum Gasteiger partial charge on any atom is -0.0134 e. The summed E-state index contributed by atoms with van der Waals surface area (Å²) < 4.78 is 0. The smallest absolute Gasteiger partial charge is 0.0134 e. The van der Waals surface area contributed by atoms with E-state index >= 15 is 0 Å². The molecule has 24 heavy (non-hydrogen) atoms. The number of benzene rings is 3. The van der Waals surface area contributed by atoms with Gasteiger partial charge in [0.2, 0.25) is 0 Å². The van der Waals surface area contributed by atoms with Gasteiger partial charge in [0.15, 0.2) is 0 Å². The van der Waals surface area contributed by atoms with Gasteiger partial charge in [-0.15, -0.1) is 0 Å². The second-order valence-electron chi connectivity index (χ2n) is 4.63. The molecule has 0 heterocycles. The molecular formula is C21H20IPPd. The van der Waals surface area contributed by atoms with Crippen LogP contribution in [0, 0.1) is 6.92 Å². The first-order valence-corrected chi connectivity index (χ1v) is 13.3. The Morgan fingerprint density at radius 1 is 0.667 bits per heavy atom. The summed E-state index contributed by atoms with van der Waals surface area (Å²) in [6.45, 7) is 6.50. The zero-order valence-corrected chi connectivity index (χ0v) is 17.9. The van der Waals surface area contributed by atoms with Crippen molar-refractivity contribution in [3.63, 3.8) is 0 Å². The molecule has 3 rings (SSSR count). The topological polar surface area (TPSA) is 0 Å². The molecule has 0 nitrogen and oxygen atoms in total. The van der Waals surface area contributed by atoms with Crippen molar-refractivity contribution in [2.45, 2.75) is 0 Å². The number of hydrogen-bond acceptors (Lipinski definition) is 0. The normalized spacial score (nSPS) is 9.17. The third-order valence-corrected chi connectivity index (χ3v) is 5.49. The van der Waals surface area contributed by atoms with Gasteiger partial charge in [0.1, 0.15) is 0 Å². The van der Waals surface area contributed by atoms with Crippen LogP contribution in [0.25, 0.3) is 0 Å². The first-order chi connectivity index (χ1) is 11.9. The molecule has 0 radical (unpaired) electrons. The van der Waals surface area contributed by atoms with E-state index < -0.39 is 7.92 Å². The average Bonchev–Trinajstić information content (AvgIpc) is 2.67. The summed E-state index contributed by atoms with van der Waals surface area (Å²) in [6.07, 6.45) is 1.50. The quantitative estimate of drug-likeness (QED) is 0.184. The van der Waals surface area contributed by atoms with Crippen molar-refractivity contribution in [3.05, 3.63) is 111 Å². The van der Waals surface area contributed by atoms with Crippen LogP contribution in [-0.2, 0) is 15.6 Å². The van der Waals surface area contributed by atoms with E-state index in [0.717, 1.165) is 0 Å². The van der Waals surface area contributed by atoms with Gasteiger partial charge in [0, 0.05) is 0 Å². The molecule has 3 aromatic rings. The summed E-state index contributed by atoms with van der Waals surface area (Å²) in [6, 6.07) is 32.3. The number of hydrogen-bond donors (Lipinski definition) is 0. The largest absolute Gasteiger partial charge is 0.0622 e. The molecule has 0 aliphatic rings. The van der Waals surface area contributed by atoms with Crippen LogP contribution in [0.4, 0.5) is 0 Å². The molecule has 0 aliphatic heterocycles. The van der Waals surface area contributed by atoms with Gasteiger partial charge >= 0.3 is 35.1 Å². The standard InChI is InChI=1S/C18H15P.C3H5.HI.Pd/c1-4-10-16(11-5-1)19(17-12-6-2-7-13-17)18-14-8-3-9-15-18;1-3-2;;/h1-15H;3H,1-2H2;1H;/q;-1;;+2/p-1. The molecule has 0 N–H and O–H groups in total. The molecule has 126 valence electrons. The van der Waals surface area contributed by atoms with Gasteiger partial charge in [-0.3, -0.25) is 0 Å². The summed E-state index contributed by atoms with van der Waals surface area (Å²) in [5.41, 5.74) is 0. The van der Waals surface area contributed by atoms with Crippen molar-refractivity contribution in [3.8, 4) is 0 Å². The van der Waals surface area contributed by atoms with E-state index in [1.807, 2.05) is 19.5 Å². The summed E-state index contributed by atoms with van der Waals surface area (Å²) >= 11 is 4.72. The predicted molar refractivity (Wildman–Crippen MR) is 115 cm³/mol. The summed E-state index contributed by atoms with van der Waals surface area (Å²) in [4.78, 5) is 0. The second-order valence-corrected chi connectivity index (χ2v) is 6.85. The van der Waals surface area contributed by atoms with Gasteiger partial charge in [-0.1, -0.05) is 91.0 Å². The van der Waals surface area contributed by atoms with Crippen LogP contribution in [0.1, 0.15) is 0 Å². The second kappa shape index (κ2) is 13.4. The van der Waals surface area contributed by atoms with Crippen molar-refractivity contribution in [1.82, 2.24) is 0 Å².